The number of hydrogen-bond donors (Lipinski definition) is 1. The molecule has 98 valence electrons. The van der Waals surface area contributed by atoms with Crippen molar-refractivity contribution < 1.29 is 14.6 Å². The first-order chi connectivity index (χ1) is 8.79. The first kappa shape index (κ1) is 12.9. The van der Waals surface area contributed by atoms with Crippen molar-refractivity contribution in [3.05, 3.63) is 29.3 Å². The lowest BCUT2D eigenvalue weighted by atomic mass is 10.1. The maximum atomic E-state index is 11.6. The lowest BCUT2D eigenvalue weighted by Gasteiger charge is -2.05. The predicted molar refractivity (Wildman–Crippen MR) is 68.1 cm³/mol. The van der Waals surface area contributed by atoms with Gasteiger partial charge in [0.1, 0.15) is 6.61 Å². The quantitative estimate of drug-likeness (QED) is 0.622. The highest BCUT2D eigenvalue weighted by Gasteiger charge is 2.14. The molecular formula is C14H19NO3. The van der Waals surface area contributed by atoms with E-state index in [0.717, 1.165) is 42.7 Å². The fourth-order valence-corrected chi connectivity index (χ4v) is 1.86. The summed E-state index contributed by atoms with van der Waals surface area (Å²) in [5.74, 6) is 0.889. The molecule has 18 heavy (non-hydrogen) atoms. The van der Waals surface area contributed by atoms with Crippen molar-refractivity contribution in [1.82, 2.24) is 5.32 Å². The van der Waals surface area contributed by atoms with Crippen LogP contribution >= 0.6 is 0 Å². The third-order valence-electron chi connectivity index (χ3n) is 2.99. The van der Waals surface area contributed by atoms with Crippen LogP contribution in [0.5, 0.6) is 5.75 Å². The second-order valence-corrected chi connectivity index (χ2v) is 4.49. The van der Waals surface area contributed by atoms with Crippen LogP contribution in [0.4, 0.5) is 0 Å². The van der Waals surface area contributed by atoms with Gasteiger partial charge in [-0.2, -0.15) is 4.89 Å². The van der Waals surface area contributed by atoms with Crippen molar-refractivity contribution in [3.8, 4) is 5.75 Å². The highest BCUT2D eigenvalue weighted by Crippen LogP contribution is 2.27. The minimum absolute atomic E-state index is 0.112. The van der Waals surface area contributed by atoms with Gasteiger partial charge < -0.3 is 10.2 Å². The van der Waals surface area contributed by atoms with Gasteiger partial charge in [0, 0.05) is 18.5 Å². The Kier molecular flexibility index (Phi) is 4.59. The van der Waals surface area contributed by atoms with Crippen molar-refractivity contribution in [2.75, 3.05) is 6.54 Å². The zero-order valence-corrected chi connectivity index (χ0v) is 10.7. The molecule has 1 N–H and O–H groups in total. The van der Waals surface area contributed by atoms with E-state index in [1.165, 1.54) is 0 Å². The summed E-state index contributed by atoms with van der Waals surface area (Å²) in [6.07, 6.45) is 3.39. The molecule has 0 aromatic heterocycles. The van der Waals surface area contributed by atoms with E-state index in [-0.39, 0.29) is 5.91 Å². The van der Waals surface area contributed by atoms with Crippen LogP contribution < -0.4 is 10.2 Å². The van der Waals surface area contributed by atoms with Crippen LogP contribution in [0, 0.1) is 0 Å². The first-order valence-corrected chi connectivity index (χ1v) is 6.47. The zero-order valence-electron chi connectivity index (χ0n) is 10.7. The molecule has 0 bridgehead atoms. The van der Waals surface area contributed by atoms with Gasteiger partial charge in [-0.25, -0.2) is 0 Å². The molecule has 1 aromatic rings. The molecule has 1 aliphatic rings. The molecule has 0 spiro atoms. The van der Waals surface area contributed by atoms with Crippen LogP contribution in [0.2, 0.25) is 0 Å². The van der Waals surface area contributed by atoms with Crippen molar-refractivity contribution >= 4 is 5.91 Å². The van der Waals surface area contributed by atoms with Gasteiger partial charge in [-0.1, -0.05) is 25.5 Å². The summed E-state index contributed by atoms with van der Waals surface area (Å²) in [7, 11) is 0. The highest BCUT2D eigenvalue weighted by molar-refractivity contribution is 5.76. The second-order valence-electron chi connectivity index (χ2n) is 4.49. The zero-order chi connectivity index (χ0) is 12.8. The Morgan fingerprint density at radius 3 is 3.17 bits per heavy atom. The molecule has 0 saturated heterocycles. The van der Waals surface area contributed by atoms with Gasteiger partial charge in [-0.05, 0) is 24.5 Å². The highest BCUT2D eigenvalue weighted by atomic mass is 17.2. The van der Waals surface area contributed by atoms with Gasteiger partial charge in [0.15, 0.2) is 5.75 Å². The van der Waals surface area contributed by atoms with Gasteiger partial charge in [0.05, 0.1) is 0 Å². The van der Waals surface area contributed by atoms with E-state index in [9.17, 15) is 4.79 Å². The van der Waals surface area contributed by atoms with Crippen LogP contribution in [-0.2, 0) is 22.7 Å². The summed E-state index contributed by atoms with van der Waals surface area (Å²) >= 11 is 0. The molecule has 4 nitrogen and oxygen atoms in total. The van der Waals surface area contributed by atoms with Gasteiger partial charge in [-0.3, -0.25) is 4.79 Å². The molecule has 2 rings (SSSR count). The van der Waals surface area contributed by atoms with Crippen LogP contribution in [0.1, 0.15) is 37.3 Å². The van der Waals surface area contributed by atoms with Gasteiger partial charge in [0.25, 0.3) is 0 Å². The Morgan fingerprint density at radius 1 is 1.44 bits per heavy atom. The fourth-order valence-electron chi connectivity index (χ4n) is 1.86. The minimum atomic E-state index is 0.112. The predicted octanol–water partition coefficient (Wildman–Crippen LogP) is 2.36. The van der Waals surface area contributed by atoms with E-state index >= 15 is 0 Å². The molecule has 0 unspecified atom stereocenters. The molecule has 1 heterocycles. The van der Waals surface area contributed by atoms with Crippen molar-refractivity contribution in [2.45, 2.75) is 39.2 Å². The Hall–Kier alpha value is -1.55. The molecule has 0 fully saturated rings. The van der Waals surface area contributed by atoms with E-state index in [4.69, 9.17) is 9.78 Å². The lowest BCUT2D eigenvalue weighted by molar-refractivity contribution is -0.194. The standard InChI is InChI=1S/C14H19NO3/c1-2-3-8-15-14(16)7-5-11-4-6-12-10-17-18-13(12)9-11/h4,6,9H,2-3,5,7-8,10H2,1H3,(H,15,16). The molecule has 0 aliphatic carbocycles. The molecule has 4 heteroatoms. The maximum absolute atomic E-state index is 11.6. The second kappa shape index (κ2) is 6.40. The average Bonchev–Trinajstić information content (AvgIpc) is 2.84. The van der Waals surface area contributed by atoms with Gasteiger partial charge in [-0.15, -0.1) is 0 Å². The third-order valence-corrected chi connectivity index (χ3v) is 2.99. The number of hydrogen-bond acceptors (Lipinski definition) is 3. The molecule has 1 aromatic carbocycles. The van der Waals surface area contributed by atoms with Crippen LogP contribution in [0.25, 0.3) is 0 Å². The number of carbonyl (C=O) groups excluding carboxylic acids is 1. The Balaban J connectivity index is 1.78. The summed E-state index contributed by atoms with van der Waals surface area (Å²) in [5, 5.41) is 2.91. The SMILES string of the molecule is CCCCNC(=O)CCc1ccc2c(c1)OOC2. The van der Waals surface area contributed by atoms with E-state index < -0.39 is 0 Å². The molecule has 1 aliphatic heterocycles. The molecule has 1 amide bonds. The first-order valence-electron chi connectivity index (χ1n) is 6.47. The van der Waals surface area contributed by atoms with E-state index in [1.807, 2.05) is 18.2 Å². The number of benzene rings is 1. The Bertz CT molecular complexity index is 418. The number of fused-ring (bicyclic) bond motifs is 1. The van der Waals surface area contributed by atoms with Crippen molar-refractivity contribution in [1.29, 1.82) is 0 Å². The summed E-state index contributed by atoms with van der Waals surface area (Å²) in [5.41, 5.74) is 2.16. The van der Waals surface area contributed by atoms with Crippen LogP contribution in [0.15, 0.2) is 18.2 Å². The summed E-state index contributed by atoms with van der Waals surface area (Å²) in [6.45, 7) is 3.39. The van der Waals surface area contributed by atoms with Crippen molar-refractivity contribution in [3.63, 3.8) is 0 Å². The van der Waals surface area contributed by atoms with Crippen molar-refractivity contribution in [2.24, 2.45) is 0 Å². The Morgan fingerprint density at radius 2 is 2.33 bits per heavy atom. The van der Waals surface area contributed by atoms with Gasteiger partial charge >= 0.3 is 0 Å². The molecule has 0 atom stereocenters. The number of amides is 1. The average molecular weight is 249 g/mol. The summed E-state index contributed by atoms with van der Waals surface area (Å²) in [4.78, 5) is 21.5. The number of carbonyl (C=O) groups is 1. The number of unbranched alkanes of at least 4 members (excludes halogenated alkanes) is 1. The normalized spacial score (nSPS) is 12.9. The molecule has 0 saturated carbocycles. The van der Waals surface area contributed by atoms with E-state index in [2.05, 4.69) is 12.2 Å². The molecular weight excluding hydrogens is 230 g/mol. The monoisotopic (exact) mass is 249 g/mol. The number of aryl methyl sites for hydroxylation is 1. The topological polar surface area (TPSA) is 47.6 Å². The van der Waals surface area contributed by atoms with Crippen LogP contribution in [-0.4, -0.2) is 12.5 Å². The fraction of sp³-hybridized carbons (Fsp3) is 0.500. The maximum Gasteiger partial charge on any atom is 0.220 e. The van der Waals surface area contributed by atoms with Crippen LogP contribution in [0.3, 0.4) is 0 Å². The third kappa shape index (κ3) is 3.47. The summed E-state index contributed by atoms with van der Waals surface area (Å²) < 4.78 is 0. The van der Waals surface area contributed by atoms with Gasteiger partial charge in [0.2, 0.25) is 5.91 Å². The lowest BCUT2D eigenvalue weighted by Crippen LogP contribution is -2.24. The number of nitrogens with one attached hydrogen (secondary N) is 1. The largest absolute Gasteiger partial charge is 0.356 e. The van der Waals surface area contributed by atoms with E-state index in [0.29, 0.717) is 13.0 Å². The minimum Gasteiger partial charge on any atom is -0.356 e. The summed E-state index contributed by atoms with van der Waals surface area (Å²) in [6, 6.07) is 5.96. The molecule has 0 radical (unpaired) electrons. The van der Waals surface area contributed by atoms with E-state index in [1.54, 1.807) is 0 Å². The Labute approximate surface area is 107 Å². The smallest absolute Gasteiger partial charge is 0.220 e. The number of rotatable bonds is 6.